The van der Waals surface area contributed by atoms with E-state index >= 15 is 0 Å². The van der Waals surface area contributed by atoms with E-state index in [2.05, 4.69) is 183 Å². The van der Waals surface area contributed by atoms with Crippen molar-refractivity contribution >= 4 is 82.0 Å². The fourth-order valence-corrected chi connectivity index (χ4v) is 10.3. The lowest BCUT2D eigenvalue weighted by atomic mass is 9.96. The molecule has 12 rings (SSSR count). The van der Waals surface area contributed by atoms with Gasteiger partial charge in [-0.2, -0.15) is 0 Å². The second kappa shape index (κ2) is 16.4. The number of rotatable bonds is 3. The molecule has 0 spiro atoms. The van der Waals surface area contributed by atoms with Crippen LogP contribution in [0.1, 0.15) is 34.4 Å². The van der Waals surface area contributed by atoms with Crippen molar-refractivity contribution in [3.8, 4) is 27.9 Å². The van der Waals surface area contributed by atoms with E-state index in [4.69, 9.17) is 16.0 Å². The standard InChI is InChI=1S/C37H24ClNOS.C13H12.C7H8/c1-21-16-22(18-23(38)17-21)29-20-30-25-8-2-5-11-31(25)39(36(30)37-35(29)28-10-4-7-13-34(28)41-37)24-14-15-27-26-9-3-6-12-32(26)40-33(27)19-24;1-11-7-9-13(10-8-11)12-5-3-2-4-6-12;1-7-5-3-2-4-6-7/h2-5,7-11,13-20H,6,12H2,1H3;2-10H,1H3;2-6H,1H3. The van der Waals surface area contributed by atoms with Gasteiger partial charge in [0.2, 0.25) is 0 Å². The lowest BCUT2D eigenvalue weighted by Gasteiger charge is -2.12. The van der Waals surface area contributed by atoms with Crippen molar-refractivity contribution in [1.29, 1.82) is 0 Å². The second-order valence-electron chi connectivity index (χ2n) is 15.9. The summed E-state index contributed by atoms with van der Waals surface area (Å²) in [7, 11) is 0. The zero-order valence-corrected chi connectivity index (χ0v) is 36.0. The predicted molar refractivity (Wildman–Crippen MR) is 264 cm³/mol. The van der Waals surface area contributed by atoms with Gasteiger partial charge >= 0.3 is 0 Å². The van der Waals surface area contributed by atoms with Gasteiger partial charge in [-0.15, -0.1) is 11.3 Å². The molecule has 0 aliphatic heterocycles. The van der Waals surface area contributed by atoms with E-state index in [1.165, 1.54) is 80.7 Å². The van der Waals surface area contributed by atoms with Crippen molar-refractivity contribution in [3.63, 3.8) is 0 Å². The van der Waals surface area contributed by atoms with Gasteiger partial charge in [-0.05, 0) is 97.5 Å². The molecule has 8 aromatic carbocycles. The van der Waals surface area contributed by atoms with Crippen LogP contribution in [-0.4, -0.2) is 4.57 Å². The van der Waals surface area contributed by atoms with Crippen LogP contribution in [0.2, 0.25) is 5.02 Å². The smallest absolute Gasteiger partial charge is 0.137 e. The zero-order valence-electron chi connectivity index (χ0n) is 34.5. The van der Waals surface area contributed by atoms with Gasteiger partial charge < -0.3 is 8.98 Å². The van der Waals surface area contributed by atoms with Gasteiger partial charge in [-0.3, -0.25) is 0 Å². The summed E-state index contributed by atoms with van der Waals surface area (Å²) in [4.78, 5) is 0. The first-order valence-corrected chi connectivity index (χ1v) is 22.1. The van der Waals surface area contributed by atoms with Crippen LogP contribution in [0.25, 0.3) is 87.0 Å². The van der Waals surface area contributed by atoms with Crippen molar-refractivity contribution < 1.29 is 4.42 Å². The Kier molecular flexibility index (Phi) is 10.4. The number of benzene rings is 8. The Hall–Kier alpha value is -6.65. The number of para-hydroxylation sites is 1. The number of aromatic nitrogens is 1. The van der Waals surface area contributed by atoms with Crippen LogP contribution in [0, 0.1) is 20.8 Å². The van der Waals surface area contributed by atoms with E-state index in [0.717, 1.165) is 46.0 Å². The van der Waals surface area contributed by atoms with Crippen molar-refractivity contribution in [2.45, 2.75) is 33.6 Å². The summed E-state index contributed by atoms with van der Waals surface area (Å²) in [6.45, 7) is 6.30. The minimum absolute atomic E-state index is 0.763. The molecule has 11 aromatic rings. The molecule has 1 aliphatic carbocycles. The lowest BCUT2D eigenvalue weighted by molar-refractivity contribution is 0.546. The van der Waals surface area contributed by atoms with Gasteiger partial charge in [0.25, 0.3) is 0 Å². The maximum absolute atomic E-state index is 6.61. The summed E-state index contributed by atoms with van der Waals surface area (Å²) >= 11 is 8.48. The molecule has 0 saturated carbocycles. The average Bonchev–Trinajstić information content (AvgIpc) is 3.97. The molecule has 0 bridgehead atoms. The topological polar surface area (TPSA) is 18.1 Å². The predicted octanol–water partition coefficient (Wildman–Crippen LogP) is 17.1. The molecule has 2 nitrogen and oxygen atoms in total. The molecule has 0 unspecified atom stereocenters. The lowest BCUT2D eigenvalue weighted by Crippen LogP contribution is -1.94. The van der Waals surface area contributed by atoms with Crippen molar-refractivity contribution in [1.82, 2.24) is 4.57 Å². The van der Waals surface area contributed by atoms with Crippen LogP contribution in [-0.2, 0) is 6.42 Å². The molecule has 0 atom stereocenters. The molecule has 1 aliphatic rings. The monoisotopic (exact) mass is 825 g/mol. The maximum Gasteiger partial charge on any atom is 0.137 e. The Morgan fingerprint density at radius 1 is 0.557 bits per heavy atom. The molecule has 4 heteroatoms. The Bertz CT molecular complexity index is 3370. The number of nitrogens with zero attached hydrogens (tertiary/aromatic N) is 1. The van der Waals surface area contributed by atoms with E-state index in [-0.39, 0.29) is 0 Å². The quantitative estimate of drug-likeness (QED) is 0.174. The summed E-state index contributed by atoms with van der Waals surface area (Å²) in [6, 6.07) is 62.3. The highest BCUT2D eigenvalue weighted by Crippen LogP contribution is 2.48. The van der Waals surface area contributed by atoms with E-state index in [9.17, 15) is 0 Å². The minimum atomic E-state index is 0.763. The summed E-state index contributed by atoms with van der Waals surface area (Å²) in [5, 5.41) is 6.99. The number of thiophene rings is 1. The van der Waals surface area contributed by atoms with Gasteiger partial charge in [0.15, 0.2) is 0 Å². The number of aryl methyl sites for hydroxylation is 4. The fourth-order valence-electron chi connectivity index (χ4n) is 8.71. The van der Waals surface area contributed by atoms with Crippen LogP contribution in [0.4, 0.5) is 0 Å². The molecular weight excluding hydrogens is 782 g/mol. The number of halogens is 1. The third-order valence-electron chi connectivity index (χ3n) is 11.6. The second-order valence-corrected chi connectivity index (χ2v) is 17.4. The normalized spacial score (nSPS) is 12.1. The molecule has 296 valence electrons. The molecule has 0 fully saturated rings. The number of fused-ring (bicyclic) bond motifs is 10. The Morgan fingerprint density at radius 2 is 1.25 bits per heavy atom. The van der Waals surface area contributed by atoms with Crippen molar-refractivity contribution in [3.05, 3.63) is 215 Å². The number of allylic oxidation sites excluding steroid dienone is 1. The van der Waals surface area contributed by atoms with Gasteiger partial charge in [0.1, 0.15) is 11.3 Å². The Balaban J connectivity index is 0.000000183. The highest BCUT2D eigenvalue weighted by molar-refractivity contribution is 7.26. The molecule has 3 aromatic heterocycles. The highest BCUT2D eigenvalue weighted by Gasteiger charge is 2.22. The SMILES string of the molecule is Cc1cc(Cl)cc(-c2cc3c4ccccc4n(-c4ccc5c6c(oc5c4)CCC=C6)c3c3sc4ccccc4c23)c1.Cc1ccc(-c2ccccc2)cc1.Cc1ccccc1. The van der Waals surface area contributed by atoms with Gasteiger partial charge in [0, 0.05) is 60.4 Å². The number of hydrogen-bond acceptors (Lipinski definition) is 2. The zero-order chi connectivity index (χ0) is 41.5. The first kappa shape index (κ1) is 38.5. The van der Waals surface area contributed by atoms with Crippen LogP contribution >= 0.6 is 22.9 Å². The third kappa shape index (κ3) is 7.46. The van der Waals surface area contributed by atoms with Crippen LogP contribution in [0.3, 0.4) is 0 Å². The van der Waals surface area contributed by atoms with Gasteiger partial charge in [-0.25, -0.2) is 0 Å². The Labute approximate surface area is 365 Å². The fraction of sp³-hybridized carbons (Fsp3) is 0.0877. The first-order valence-electron chi connectivity index (χ1n) is 20.9. The van der Waals surface area contributed by atoms with Crippen molar-refractivity contribution in [2.75, 3.05) is 0 Å². The summed E-state index contributed by atoms with van der Waals surface area (Å²) in [6.07, 6.45) is 6.45. The summed E-state index contributed by atoms with van der Waals surface area (Å²) < 4.78 is 11.4. The van der Waals surface area contributed by atoms with Crippen LogP contribution in [0.15, 0.2) is 186 Å². The van der Waals surface area contributed by atoms with Crippen LogP contribution in [0.5, 0.6) is 0 Å². The summed E-state index contributed by atoms with van der Waals surface area (Å²) in [5.74, 6) is 1.09. The number of hydrogen-bond donors (Lipinski definition) is 0. The van der Waals surface area contributed by atoms with E-state index in [1.807, 2.05) is 41.7 Å². The molecule has 61 heavy (non-hydrogen) atoms. The first-order chi connectivity index (χ1) is 29.9. The van der Waals surface area contributed by atoms with E-state index in [0.29, 0.717) is 0 Å². The van der Waals surface area contributed by atoms with E-state index in [1.54, 1.807) is 0 Å². The van der Waals surface area contributed by atoms with Crippen LogP contribution < -0.4 is 0 Å². The largest absolute Gasteiger partial charge is 0.460 e. The van der Waals surface area contributed by atoms with Crippen molar-refractivity contribution in [2.24, 2.45) is 0 Å². The Morgan fingerprint density at radius 3 is 2.00 bits per heavy atom. The maximum atomic E-state index is 6.61. The highest BCUT2D eigenvalue weighted by atomic mass is 35.5. The summed E-state index contributed by atoms with van der Waals surface area (Å²) in [5.41, 5.74) is 14.4. The molecule has 0 amide bonds. The van der Waals surface area contributed by atoms with E-state index < -0.39 is 0 Å². The number of furan rings is 1. The third-order valence-corrected chi connectivity index (χ3v) is 13.0. The minimum Gasteiger partial charge on any atom is -0.460 e. The molecule has 3 heterocycles. The molecule has 0 saturated heterocycles. The molecule has 0 N–H and O–H groups in total. The van der Waals surface area contributed by atoms with Gasteiger partial charge in [0.05, 0.1) is 15.7 Å². The molecular formula is C57H44ClNOS. The molecule has 0 radical (unpaired) electrons. The average molecular weight is 827 g/mol. The van der Waals surface area contributed by atoms with Gasteiger partial charge in [-0.1, -0.05) is 162 Å².